The van der Waals surface area contributed by atoms with Gasteiger partial charge in [0.15, 0.2) is 5.54 Å². The Morgan fingerprint density at radius 3 is 2.30 bits per heavy atom. The van der Waals surface area contributed by atoms with Crippen LogP contribution in [0.15, 0.2) is 30.3 Å². The van der Waals surface area contributed by atoms with Crippen LogP contribution in [0, 0.1) is 5.92 Å². The Bertz CT molecular complexity index is 517. The summed E-state index contributed by atoms with van der Waals surface area (Å²) in [5.41, 5.74) is -0.619. The minimum atomic E-state index is -1.46. The average molecular weight is 323 g/mol. The van der Waals surface area contributed by atoms with Gasteiger partial charge in [-0.25, -0.2) is 9.59 Å². The van der Waals surface area contributed by atoms with E-state index < -0.39 is 17.6 Å². The van der Waals surface area contributed by atoms with E-state index in [4.69, 9.17) is 9.47 Å². The largest absolute Gasteiger partial charge is 0.479 e. The van der Waals surface area contributed by atoms with E-state index in [9.17, 15) is 14.7 Å². The van der Waals surface area contributed by atoms with E-state index in [0.29, 0.717) is 0 Å². The van der Waals surface area contributed by atoms with Gasteiger partial charge in [-0.3, -0.25) is 4.90 Å². The SMILES string of the molecule is CCN(C(=O)OCc1ccccc1)C(COC)(C(=O)O)C(C)C. The first kappa shape index (κ1) is 19.0. The zero-order valence-corrected chi connectivity index (χ0v) is 14.1. The fourth-order valence-corrected chi connectivity index (χ4v) is 2.57. The van der Waals surface area contributed by atoms with Crippen LogP contribution >= 0.6 is 0 Å². The van der Waals surface area contributed by atoms with Crippen LogP contribution in [-0.4, -0.2) is 47.9 Å². The van der Waals surface area contributed by atoms with Crippen molar-refractivity contribution >= 4 is 12.1 Å². The lowest BCUT2D eigenvalue weighted by molar-refractivity contribution is -0.158. The third-order valence-electron chi connectivity index (χ3n) is 3.91. The number of hydrogen-bond acceptors (Lipinski definition) is 4. The van der Waals surface area contributed by atoms with Crippen molar-refractivity contribution in [2.75, 3.05) is 20.3 Å². The Hall–Kier alpha value is -2.08. The predicted octanol–water partition coefficient (Wildman–Crippen LogP) is 2.77. The maximum absolute atomic E-state index is 12.5. The van der Waals surface area contributed by atoms with Crippen LogP contribution in [-0.2, 0) is 20.9 Å². The lowest BCUT2D eigenvalue weighted by Gasteiger charge is -2.41. The molecule has 6 nitrogen and oxygen atoms in total. The Morgan fingerprint density at radius 2 is 1.87 bits per heavy atom. The molecule has 0 saturated heterocycles. The fraction of sp³-hybridized carbons (Fsp3) is 0.529. The number of aliphatic carboxylic acids is 1. The normalized spacial score (nSPS) is 13.4. The van der Waals surface area contributed by atoms with Gasteiger partial charge in [-0.1, -0.05) is 44.2 Å². The molecular formula is C17H25NO5. The van der Waals surface area contributed by atoms with Crippen molar-refractivity contribution in [1.82, 2.24) is 4.90 Å². The topological polar surface area (TPSA) is 76.1 Å². The molecule has 1 unspecified atom stereocenters. The Kier molecular flexibility index (Phi) is 7.03. The highest BCUT2D eigenvalue weighted by Gasteiger charge is 2.49. The van der Waals surface area contributed by atoms with Crippen molar-refractivity contribution in [2.45, 2.75) is 32.9 Å². The van der Waals surface area contributed by atoms with Gasteiger partial charge in [-0.15, -0.1) is 0 Å². The number of likely N-dealkylation sites (N-methyl/N-ethyl adjacent to an activating group) is 1. The number of methoxy groups -OCH3 is 1. The summed E-state index contributed by atoms with van der Waals surface area (Å²) in [4.78, 5) is 25.6. The third kappa shape index (κ3) is 4.22. The van der Waals surface area contributed by atoms with Crippen LogP contribution in [0.5, 0.6) is 0 Å². The van der Waals surface area contributed by atoms with E-state index >= 15 is 0 Å². The summed E-state index contributed by atoms with van der Waals surface area (Å²) < 4.78 is 10.4. The van der Waals surface area contributed by atoms with E-state index in [1.807, 2.05) is 30.3 Å². The minimum Gasteiger partial charge on any atom is -0.479 e. The first-order valence-electron chi connectivity index (χ1n) is 7.60. The number of benzene rings is 1. The summed E-state index contributed by atoms with van der Waals surface area (Å²) in [6.45, 7) is 5.42. The lowest BCUT2D eigenvalue weighted by atomic mass is 9.85. The predicted molar refractivity (Wildman–Crippen MR) is 86.1 cm³/mol. The number of carbonyl (C=O) groups is 2. The molecule has 1 aromatic carbocycles. The highest BCUT2D eigenvalue weighted by Crippen LogP contribution is 2.27. The van der Waals surface area contributed by atoms with Gasteiger partial charge < -0.3 is 14.6 Å². The van der Waals surface area contributed by atoms with E-state index in [2.05, 4.69) is 0 Å². The molecule has 23 heavy (non-hydrogen) atoms. The van der Waals surface area contributed by atoms with Crippen LogP contribution in [0.4, 0.5) is 4.79 Å². The van der Waals surface area contributed by atoms with Gasteiger partial charge in [0.2, 0.25) is 0 Å². The van der Waals surface area contributed by atoms with Crippen LogP contribution < -0.4 is 0 Å². The Labute approximate surface area is 137 Å². The molecule has 0 heterocycles. The molecule has 1 rings (SSSR count). The molecule has 0 aliphatic carbocycles. The van der Waals surface area contributed by atoms with Crippen molar-refractivity contribution in [3.8, 4) is 0 Å². The van der Waals surface area contributed by atoms with Gasteiger partial charge in [0.25, 0.3) is 0 Å². The molecule has 1 atom stereocenters. The van der Waals surface area contributed by atoms with Crippen molar-refractivity contribution in [3.05, 3.63) is 35.9 Å². The average Bonchev–Trinajstić information content (AvgIpc) is 2.53. The van der Waals surface area contributed by atoms with Gasteiger partial charge in [-0.2, -0.15) is 0 Å². The molecule has 0 aromatic heterocycles. The summed E-state index contributed by atoms with van der Waals surface area (Å²) in [7, 11) is 1.42. The second-order valence-corrected chi connectivity index (χ2v) is 5.60. The van der Waals surface area contributed by atoms with Crippen LogP contribution in [0.1, 0.15) is 26.3 Å². The molecule has 0 saturated carbocycles. The Morgan fingerprint density at radius 1 is 1.26 bits per heavy atom. The molecular weight excluding hydrogens is 298 g/mol. The summed E-state index contributed by atoms with van der Waals surface area (Å²) in [5, 5.41) is 9.73. The summed E-state index contributed by atoms with van der Waals surface area (Å²) >= 11 is 0. The van der Waals surface area contributed by atoms with Crippen molar-refractivity contribution < 1.29 is 24.2 Å². The molecule has 0 bridgehead atoms. The molecule has 0 radical (unpaired) electrons. The Balaban J connectivity index is 2.97. The second-order valence-electron chi connectivity index (χ2n) is 5.60. The highest BCUT2D eigenvalue weighted by molar-refractivity contribution is 5.85. The summed E-state index contributed by atoms with van der Waals surface area (Å²) in [5.74, 6) is -1.45. The van der Waals surface area contributed by atoms with E-state index in [1.54, 1.807) is 20.8 Å². The van der Waals surface area contributed by atoms with Gasteiger partial charge in [-0.05, 0) is 18.4 Å². The van der Waals surface area contributed by atoms with E-state index in [0.717, 1.165) is 5.56 Å². The molecule has 128 valence electrons. The number of nitrogens with zero attached hydrogens (tertiary/aromatic N) is 1. The van der Waals surface area contributed by atoms with Gasteiger partial charge in [0.1, 0.15) is 6.61 Å². The van der Waals surface area contributed by atoms with Crippen molar-refractivity contribution in [2.24, 2.45) is 5.92 Å². The number of hydrogen-bond donors (Lipinski definition) is 1. The molecule has 0 aliphatic heterocycles. The number of carboxylic acids is 1. The number of rotatable bonds is 8. The van der Waals surface area contributed by atoms with E-state index in [-0.39, 0.29) is 25.7 Å². The molecule has 1 amide bonds. The smallest absolute Gasteiger partial charge is 0.411 e. The molecule has 6 heteroatoms. The molecule has 0 fully saturated rings. The number of carboxylic acid groups (broad SMARTS) is 1. The summed E-state index contributed by atoms with van der Waals surface area (Å²) in [6, 6.07) is 9.25. The highest BCUT2D eigenvalue weighted by atomic mass is 16.6. The first-order chi connectivity index (χ1) is 10.9. The zero-order valence-electron chi connectivity index (χ0n) is 14.1. The maximum Gasteiger partial charge on any atom is 0.411 e. The minimum absolute atomic E-state index is 0.0942. The molecule has 1 aromatic rings. The fourth-order valence-electron chi connectivity index (χ4n) is 2.57. The summed E-state index contributed by atoms with van der Waals surface area (Å²) in [6.07, 6.45) is -0.662. The number of amides is 1. The second kappa shape index (κ2) is 8.53. The molecule has 1 N–H and O–H groups in total. The number of ether oxygens (including phenoxy) is 2. The van der Waals surface area contributed by atoms with Crippen LogP contribution in [0.2, 0.25) is 0 Å². The first-order valence-corrected chi connectivity index (χ1v) is 7.60. The van der Waals surface area contributed by atoms with Crippen molar-refractivity contribution in [1.29, 1.82) is 0 Å². The third-order valence-corrected chi connectivity index (χ3v) is 3.91. The maximum atomic E-state index is 12.5. The zero-order chi connectivity index (χ0) is 17.5. The van der Waals surface area contributed by atoms with Gasteiger partial charge >= 0.3 is 12.1 Å². The van der Waals surface area contributed by atoms with Crippen LogP contribution in [0.25, 0.3) is 0 Å². The van der Waals surface area contributed by atoms with Crippen molar-refractivity contribution in [3.63, 3.8) is 0 Å². The van der Waals surface area contributed by atoms with Crippen LogP contribution in [0.3, 0.4) is 0 Å². The lowest BCUT2D eigenvalue weighted by Crippen LogP contribution is -2.63. The molecule has 0 spiro atoms. The number of carbonyl (C=O) groups excluding carboxylic acids is 1. The van der Waals surface area contributed by atoms with Gasteiger partial charge in [0, 0.05) is 13.7 Å². The van der Waals surface area contributed by atoms with E-state index in [1.165, 1.54) is 12.0 Å². The molecule has 0 aliphatic rings. The standard InChI is InChI=1S/C17H25NO5/c1-5-18(17(12-22-4,13(2)3)15(19)20)16(21)23-11-14-9-7-6-8-10-14/h6-10,13H,5,11-12H2,1-4H3,(H,19,20). The quantitative estimate of drug-likeness (QED) is 0.796. The van der Waals surface area contributed by atoms with Gasteiger partial charge in [0.05, 0.1) is 6.61 Å². The monoisotopic (exact) mass is 323 g/mol.